The van der Waals surface area contributed by atoms with Gasteiger partial charge in [0.2, 0.25) is 11.8 Å². The molecule has 44 heavy (non-hydrogen) atoms. The fourth-order valence-corrected chi connectivity index (χ4v) is 5.14. The van der Waals surface area contributed by atoms with Gasteiger partial charge in [0.1, 0.15) is 35.2 Å². The molecule has 1 fully saturated rings. The monoisotopic (exact) mass is 605 g/mol. The largest absolute Gasteiger partial charge is 0.480 e. The Bertz CT molecular complexity index is 1790. The third-order valence-corrected chi connectivity index (χ3v) is 7.43. The molecule has 0 N–H and O–H groups in total. The lowest BCUT2D eigenvalue weighted by atomic mass is 9.91. The maximum Gasteiger partial charge on any atom is 0.416 e. The number of aromatic nitrogens is 5. The van der Waals surface area contributed by atoms with Crippen LogP contribution < -0.4 is 9.47 Å². The van der Waals surface area contributed by atoms with Crippen LogP contribution in [0.5, 0.6) is 11.8 Å². The second kappa shape index (κ2) is 12.1. The van der Waals surface area contributed by atoms with Crippen molar-refractivity contribution in [1.29, 1.82) is 0 Å². The molecule has 0 bridgehead atoms. The van der Waals surface area contributed by atoms with Gasteiger partial charge in [-0.2, -0.15) is 13.2 Å². The van der Waals surface area contributed by atoms with Crippen molar-refractivity contribution in [2.24, 2.45) is 0 Å². The van der Waals surface area contributed by atoms with E-state index in [1.807, 2.05) is 36.4 Å². The molecule has 0 unspecified atom stereocenters. The number of aryl methyl sites for hydroxylation is 1. The number of nitrogens with zero attached hydrogens (tertiary/aromatic N) is 5. The van der Waals surface area contributed by atoms with Crippen LogP contribution in [0.2, 0.25) is 0 Å². The predicted molar refractivity (Wildman–Crippen MR) is 152 cm³/mol. The molecule has 1 aliphatic rings. The fraction of sp³-hybridized carbons (Fsp3) is 0.281. The van der Waals surface area contributed by atoms with E-state index in [0.29, 0.717) is 49.5 Å². The molecule has 226 valence electrons. The molecule has 3 aromatic heterocycles. The van der Waals surface area contributed by atoms with E-state index in [1.165, 1.54) is 7.11 Å². The summed E-state index contributed by atoms with van der Waals surface area (Å²) in [7, 11) is 1.41. The molecule has 8 nitrogen and oxygen atoms in total. The summed E-state index contributed by atoms with van der Waals surface area (Å²) in [6, 6.07) is 15.8. The quantitative estimate of drug-likeness (QED) is 0.180. The molecule has 4 heterocycles. The molecule has 0 radical (unpaired) electrons. The van der Waals surface area contributed by atoms with Gasteiger partial charge in [0.05, 0.1) is 18.8 Å². The number of pyridine rings is 1. The Balaban J connectivity index is 1.30. The highest BCUT2D eigenvalue weighted by molar-refractivity contribution is 5.87. The molecule has 5 aromatic rings. The van der Waals surface area contributed by atoms with Crippen molar-refractivity contribution >= 4 is 11.2 Å². The molecule has 2 aromatic carbocycles. The first kappa shape index (κ1) is 29.4. The highest BCUT2D eigenvalue weighted by atomic mass is 19.4. The van der Waals surface area contributed by atoms with E-state index in [4.69, 9.17) is 14.2 Å². The van der Waals surface area contributed by atoms with Crippen LogP contribution in [-0.2, 0) is 17.5 Å². The van der Waals surface area contributed by atoms with Crippen LogP contribution in [-0.4, -0.2) is 38.6 Å². The summed E-state index contributed by atoms with van der Waals surface area (Å²) in [5, 5.41) is 0. The van der Waals surface area contributed by atoms with Gasteiger partial charge in [-0.3, -0.25) is 0 Å². The summed E-state index contributed by atoms with van der Waals surface area (Å²) in [4.78, 5) is 22.7. The molecule has 6 rings (SSSR count). The Hall–Kier alpha value is -4.71. The van der Waals surface area contributed by atoms with Crippen molar-refractivity contribution in [3.8, 4) is 23.0 Å². The van der Waals surface area contributed by atoms with E-state index in [2.05, 4.69) is 24.9 Å². The van der Waals surface area contributed by atoms with Crippen LogP contribution in [0.1, 0.15) is 53.1 Å². The maximum absolute atomic E-state index is 15.2. The summed E-state index contributed by atoms with van der Waals surface area (Å²) in [5.41, 5.74) is 1.42. The Morgan fingerprint density at radius 2 is 1.80 bits per heavy atom. The van der Waals surface area contributed by atoms with E-state index in [0.717, 1.165) is 23.3 Å². The molecule has 12 heteroatoms. The second-order valence-electron chi connectivity index (χ2n) is 10.4. The number of methoxy groups -OCH3 is 1. The number of fused-ring (bicyclic) bond motifs is 1. The lowest BCUT2D eigenvalue weighted by molar-refractivity contribution is -0.137. The van der Waals surface area contributed by atoms with Crippen LogP contribution in [0.25, 0.3) is 22.4 Å². The first-order valence-electron chi connectivity index (χ1n) is 13.9. The van der Waals surface area contributed by atoms with Gasteiger partial charge < -0.3 is 14.2 Å². The predicted octanol–water partition coefficient (Wildman–Crippen LogP) is 7.17. The molecular weight excluding hydrogens is 578 g/mol. The number of benzene rings is 2. The molecule has 0 aliphatic carbocycles. The number of hydrogen-bond donors (Lipinski definition) is 0. The summed E-state index contributed by atoms with van der Waals surface area (Å²) >= 11 is 0. The van der Waals surface area contributed by atoms with Crippen LogP contribution >= 0.6 is 0 Å². The Morgan fingerprint density at radius 3 is 2.50 bits per heavy atom. The zero-order chi connectivity index (χ0) is 30.8. The molecule has 0 saturated carbocycles. The first-order valence-corrected chi connectivity index (χ1v) is 13.9. The minimum absolute atomic E-state index is 0.0339. The maximum atomic E-state index is 15.2. The second-order valence-corrected chi connectivity index (χ2v) is 10.4. The lowest BCUT2D eigenvalue weighted by Crippen LogP contribution is -2.21. The van der Waals surface area contributed by atoms with Crippen molar-refractivity contribution in [3.63, 3.8) is 0 Å². The average molecular weight is 606 g/mol. The van der Waals surface area contributed by atoms with Crippen molar-refractivity contribution in [1.82, 2.24) is 24.9 Å². The van der Waals surface area contributed by atoms with E-state index < -0.39 is 17.6 Å². The van der Waals surface area contributed by atoms with Crippen molar-refractivity contribution in [2.75, 3.05) is 13.7 Å². The van der Waals surface area contributed by atoms with E-state index in [9.17, 15) is 13.2 Å². The van der Waals surface area contributed by atoms with Gasteiger partial charge in [-0.05, 0) is 55.2 Å². The van der Waals surface area contributed by atoms with Crippen LogP contribution in [0.15, 0.2) is 66.9 Å². The number of ether oxygens (including phenoxy) is 3. The third-order valence-electron chi connectivity index (χ3n) is 7.43. The molecule has 1 aliphatic heterocycles. The van der Waals surface area contributed by atoms with Crippen molar-refractivity contribution < 1.29 is 31.8 Å². The minimum Gasteiger partial charge on any atom is -0.480 e. The van der Waals surface area contributed by atoms with Gasteiger partial charge in [-0.1, -0.05) is 30.3 Å². The van der Waals surface area contributed by atoms with E-state index in [1.54, 1.807) is 19.2 Å². The average Bonchev–Trinajstić information content (AvgIpc) is 3.03. The normalized spacial score (nSPS) is 17.0. The Labute approximate surface area is 250 Å². The smallest absolute Gasteiger partial charge is 0.416 e. The minimum atomic E-state index is -4.70. The van der Waals surface area contributed by atoms with Crippen LogP contribution in [0.4, 0.5) is 17.6 Å². The van der Waals surface area contributed by atoms with Gasteiger partial charge in [0.25, 0.3) is 0 Å². The fourth-order valence-electron chi connectivity index (χ4n) is 5.14. The van der Waals surface area contributed by atoms with Crippen molar-refractivity contribution in [3.05, 3.63) is 101 Å². The summed E-state index contributed by atoms with van der Waals surface area (Å²) in [5.74, 6) is -0.271. The summed E-state index contributed by atoms with van der Waals surface area (Å²) < 4.78 is 72.1. The van der Waals surface area contributed by atoms with Crippen molar-refractivity contribution in [2.45, 2.75) is 44.6 Å². The van der Waals surface area contributed by atoms with Gasteiger partial charge in [0, 0.05) is 30.4 Å². The molecule has 0 spiro atoms. The number of hydrogen-bond acceptors (Lipinski definition) is 8. The van der Waals surface area contributed by atoms with E-state index in [-0.39, 0.29) is 40.3 Å². The molecular formula is C32H27F4N5O3. The molecule has 0 amide bonds. The number of alkyl halides is 3. The van der Waals surface area contributed by atoms with Gasteiger partial charge in [-0.25, -0.2) is 29.3 Å². The number of rotatable bonds is 7. The summed E-state index contributed by atoms with van der Waals surface area (Å²) in [6.07, 6.45) is -2.24. The lowest BCUT2D eigenvalue weighted by Gasteiger charge is -2.29. The highest BCUT2D eigenvalue weighted by Gasteiger charge is 2.33. The third kappa shape index (κ3) is 6.16. The molecule has 2 atom stereocenters. The highest BCUT2D eigenvalue weighted by Crippen LogP contribution is 2.39. The van der Waals surface area contributed by atoms with Gasteiger partial charge in [0.15, 0.2) is 5.65 Å². The number of halogens is 4. The topological polar surface area (TPSA) is 92.1 Å². The van der Waals surface area contributed by atoms with E-state index >= 15 is 4.39 Å². The Kier molecular flexibility index (Phi) is 8.09. The summed E-state index contributed by atoms with van der Waals surface area (Å²) in [6.45, 7) is 2.49. The Morgan fingerprint density at radius 1 is 0.977 bits per heavy atom. The zero-order valence-corrected chi connectivity index (χ0v) is 23.8. The molecule has 1 saturated heterocycles. The van der Waals surface area contributed by atoms with Gasteiger partial charge in [-0.15, -0.1) is 0 Å². The first-order chi connectivity index (χ1) is 21.2. The SMILES string of the molecule is COc1nc2c(-c3ccc(C(F)(F)F)cc3F)nc([C@H]3CCO[C@@H](c4ccc(OCc5ccccc5)nc4)C3)nc2nc1C. The van der Waals surface area contributed by atoms with Crippen LogP contribution in [0.3, 0.4) is 0 Å². The van der Waals surface area contributed by atoms with Crippen LogP contribution in [0, 0.1) is 12.7 Å². The zero-order valence-electron chi connectivity index (χ0n) is 23.8. The van der Waals surface area contributed by atoms with Gasteiger partial charge >= 0.3 is 6.18 Å². The standard InChI is InChI=1S/C32H27F4N5O3/c1-18-31(42-2)40-28-27(23-10-9-22(15-24(23)33)32(34,35)36)39-29(41-30(28)38-18)20-12-13-43-25(14-20)21-8-11-26(37-16-21)44-17-19-6-4-3-5-7-19/h3-11,15-16,20,25H,12-14,17H2,1-2H3/t20-,25+/m0/s1.